The van der Waals surface area contributed by atoms with Crippen molar-refractivity contribution in [3.63, 3.8) is 0 Å². The Bertz CT molecular complexity index is 487. The Morgan fingerprint density at radius 3 is 2.50 bits per heavy atom. The maximum atomic E-state index is 11.4. The number of hydrogen-bond donors (Lipinski definition) is 4. The quantitative estimate of drug-likeness (QED) is 0.584. The normalized spacial score (nSPS) is 23.8. The number of aromatic amines is 2. The second-order valence-electron chi connectivity index (χ2n) is 4.86. The van der Waals surface area contributed by atoms with E-state index in [1.165, 1.54) is 0 Å². The number of nitrogens with zero attached hydrogens (tertiary/aromatic N) is 1. The molecule has 0 aromatic carbocycles. The fourth-order valence-corrected chi connectivity index (χ4v) is 2.38. The van der Waals surface area contributed by atoms with Crippen LogP contribution in [0.3, 0.4) is 0 Å². The summed E-state index contributed by atoms with van der Waals surface area (Å²) in [5, 5.41) is 8.87. The van der Waals surface area contributed by atoms with Gasteiger partial charge in [-0.1, -0.05) is 0 Å². The number of anilines is 1. The van der Waals surface area contributed by atoms with Gasteiger partial charge >= 0.3 is 5.69 Å². The Balaban J connectivity index is 1.85. The van der Waals surface area contributed by atoms with E-state index < -0.39 is 11.2 Å². The van der Waals surface area contributed by atoms with Crippen LogP contribution in [0.1, 0.15) is 25.7 Å². The topological polar surface area (TPSA) is 117 Å². The first-order valence-corrected chi connectivity index (χ1v) is 6.32. The van der Waals surface area contributed by atoms with E-state index >= 15 is 0 Å². The lowest BCUT2D eigenvalue weighted by molar-refractivity contribution is 0.289. The Morgan fingerprint density at radius 1 is 1.22 bits per heavy atom. The van der Waals surface area contributed by atoms with Crippen LogP contribution in [0, 0.1) is 11.8 Å². The van der Waals surface area contributed by atoms with Gasteiger partial charge in [0.25, 0.3) is 5.56 Å². The van der Waals surface area contributed by atoms with Crippen LogP contribution in [0.4, 0.5) is 5.82 Å². The van der Waals surface area contributed by atoms with E-state index in [1.807, 2.05) is 0 Å². The maximum absolute atomic E-state index is 11.4. The standard InChI is InChI=1S/C11H19N5O2/c12-5-7-1-3-8(4-2-7)6-13-9-10(17)14-11(18)16-15-9/h7-8H,1-6,12H2,(H,13,15)(H2,14,16,17,18). The molecule has 0 unspecified atom stereocenters. The zero-order valence-corrected chi connectivity index (χ0v) is 10.2. The van der Waals surface area contributed by atoms with Crippen molar-refractivity contribution in [3.05, 3.63) is 20.8 Å². The summed E-state index contributed by atoms with van der Waals surface area (Å²) in [4.78, 5) is 24.3. The molecule has 7 nitrogen and oxygen atoms in total. The van der Waals surface area contributed by atoms with Crippen LogP contribution in [0.5, 0.6) is 0 Å². The molecule has 100 valence electrons. The second kappa shape index (κ2) is 5.81. The average molecular weight is 253 g/mol. The summed E-state index contributed by atoms with van der Waals surface area (Å²) in [6.07, 6.45) is 4.54. The highest BCUT2D eigenvalue weighted by atomic mass is 16.2. The van der Waals surface area contributed by atoms with Gasteiger partial charge in [-0.25, -0.2) is 9.89 Å². The van der Waals surface area contributed by atoms with E-state index in [4.69, 9.17) is 5.73 Å². The molecule has 1 aliphatic rings. The molecule has 0 spiro atoms. The zero-order valence-electron chi connectivity index (χ0n) is 10.2. The lowest BCUT2D eigenvalue weighted by Crippen LogP contribution is -2.30. The Hall–Kier alpha value is -1.63. The van der Waals surface area contributed by atoms with E-state index in [-0.39, 0.29) is 5.82 Å². The monoisotopic (exact) mass is 253 g/mol. The molecule has 2 rings (SSSR count). The predicted octanol–water partition coefficient (Wildman–Crippen LogP) is -0.365. The third-order valence-corrected chi connectivity index (χ3v) is 3.57. The van der Waals surface area contributed by atoms with Crippen LogP contribution in [-0.2, 0) is 0 Å². The highest BCUT2D eigenvalue weighted by Gasteiger charge is 2.20. The van der Waals surface area contributed by atoms with E-state index in [2.05, 4.69) is 20.5 Å². The molecular formula is C11H19N5O2. The van der Waals surface area contributed by atoms with Gasteiger partial charge in [0.1, 0.15) is 0 Å². The van der Waals surface area contributed by atoms with Crippen molar-refractivity contribution in [2.24, 2.45) is 17.6 Å². The van der Waals surface area contributed by atoms with E-state index in [0.29, 0.717) is 18.4 Å². The smallest absolute Gasteiger partial charge is 0.342 e. The van der Waals surface area contributed by atoms with E-state index in [1.54, 1.807) is 0 Å². The van der Waals surface area contributed by atoms with Gasteiger partial charge in [-0.2, -0.15) is 0 Å². The molecule has 0 bridgehead atoms. The maximum Gasteiger partial charge on any atom is 0.342 e. The van der Waals surface area contributed by atoms with Gasteiger partial charge < -0.3 is 11.1 Å². The van der Waals surface area contributed by atoms with E-state index in [9.17, 15) is 9.59 Å². The number of H-pyrrole nitrogens is 2. The number of rotatable bonds is 4. The summed E-state index contributed by atoms with van der Waals surface area (Å²) in [5.41, 5.74) is 4.58. The van der Waals surface area contributed by atoms with Crippen molar-refractivity contribution in [2.75, 3.05) is 18.4 Å². The fraction of sp³-hybridized carbons (Fsp3) is 0.727. The van der Waals surface area contributed by atoms with Crippen molar-refractivity contribution in [1.82, 2.24) is 15.2 Å². The first-order valence-electron chi connectivity index (χ1n) is 6.32. The first-order chi connectivity index (χ1) is 8.69. The molecule has 0 aliphatic heterocycles. The first kappa shape index (κ1) is 12.8. The van der Waals surface area contributed by atoms with Gasteiger partial charge in [0.2, 0.25) is 5.82 Å². The summed E-state index contributed by atoms with van der Waals surface area (Å²) in [7, 11) is 0. The van der Waals surface area contributed by atoms with Gasteiger partial charge in [0.15, 0.2) is 0 Å². The molecule has 0 radical (unpaired) electrons. The number of nitrogens with one attached hydrogen (secondary N) is 3. The summed E-state index contributed by atoms with van der Waals surface area (Å²) >= 11 is 0. The van der Waals surface area contributed by atoms with Crippen LogP contribution in [0.25, 0.3) is 0 Å². The van der Waals surface area contributed by atoms with Crippen molar-refractivity contribution >= 4 is 5.82 Å². The highest BCUT2D eigenvalue weighted by Crippen LogP contribution is 2.27. The molecule has 0 saturated heterocycles. The minimum Gasteiger partial charge on any atom is -0.364 e. The number of hydrogen-bond acceptors (Lipinski definition) is 5. The Kier molecular flexibility index (Phi) is 4.14. The van der Waals surface area contributed by atoms with Gasteiger partial charge in [-0.15, -0.1) is 5.10 Å². The summed E-state index contributed by atoms with van der Waals surface area (Å²) in [6, 6.07) is 0. The molecule has 1 aliphatic carbocycles. The van der Waals surface area contributed by atoms with Crippen LogP contribution in [-0.4, -0.2) is 28.3 Å². The molecule has 0 atom stereocenters. The third kappa shape index (κ3) is 3.19. The van der Waals surface area contributed by atoms with Gasteiger partial charge in [0, 0.05) is 6.54 Å². The molecule has 1 aromatic rings. The van der Waals surface area contributed by atoms with Crippen molar-refractivity contribution in [3.8, 4) is 0 Å². The highest BCUT2D eigenvalue weighted by molar-refractivity contribution is 5.28. The van der Waals surface area contributed by atoms with Crippen molar-refractivity contribution < 1.29 is 0 Å². The number of aromatic nitrogens is 3. The van der Waals surface area contributed by atoms with Crippen molar-refractivity contribution in [2.45, 2.75) is 25.7 Å². The molecule has 5 N–H and O–H groups in total. The zero-order chi connectivity index (χ0) is 13.0. The molecule has 1 aromatic heterocycles. The van der Waals surface area contributed by atoms with Gasteiger partial charge in [-0.05, 0) is 44.1 Å². The van der Waals surface area contributed by atoms with Crippen LogP contribution in [0.2, 0.25) is 0 Å². The third-order valence-electron chi connectivity index (χ3n) is 3.57. The molecule has 1 heterocycles. The predicted molar refractivity (Wildman–Crippen MR) is 68.5 cm³/mol. The van der Waals surface area contributed by atoms with Crippen LogP contribution >= 0.6 is 0 Å². The lowest BCUT2D eigenvalue weighted by atomic mass is 9.82. The minimum absolute atomic E-state index is 0.176. The molecule has 1 fully saturated rings. The minimum atomic E-state index is -0.589. The van der Waals surface area contributed by atoms with E-state index in [0.717, 1.165) is 32.2 Å². The van der Waals surface area contributed by atoms with Crippen LogP contribution in [0.15, 0.2) is 9.59 Å². The second-order valence-corrected chi connectivity index (χ2v) is 4.86. The Labute approximate surface area is 104 Å². The summed E-state index contributed by atoms with van der Waals surface area (Å²) < 4.78 is 0. The molecular weight excluding hydrogens is 234 g/mol. The molecule has 1 saturated carbocycles. The van der Waals surface area contributed by atoms with Gasteiger partial charge in [-0.3, -0.25) is 9.78 Å². The summed E-state index contributed by atoms with van der Waals surface area (Å²) in [5.74, 6) is 1.37. The van der Waals surface area contributed by atoms with Gasteiger partial charge in [0.05, 0.1) is 0 Å². The SMILES string of the molecule is NCC1CCC(CNc2n[nH]c(=O)[nH]c2=O)CC1. The van der Waals surface area contributed by atoms with Crippen molar-refractivity contribution in [1.29, 1.82) is 0 Å². The Morgan fingerprint density at radius 2 is 1.89 bits per heavy atom. The summed E-state index contributed by atoms with van der Waals surface area (Å²) in [6.45, 7) is 1.47. The number of nitrogens with two attached hydrogens (primary N) is 1. The van der Waals surface area contributed by atoms with Crippen LogP contribution < -0.4 is 22.3 Å². The average Bonchev–Trinajstić information content (AvgIpc) is 2.38. The molecule has 7 heteroatoms. The fourth-order valence-electron chi connectivity index (χ4n) is 2.38. The largest absolute Gasteiger partial charge is 0.364 e. The molecule has 18 heavy (non-hydrogen) atoms. The lowest BCUT2D eigenvalue weighted by Gasteiger charge is -2.27. The molecule has 0 amide bonds.